The van der Waals surface area contributed by atoms with Crippen molar-refractivity contribution in [3.63, 3.8) is 0 Å². The van der Waals surface area contributed by atoms with Crippen molar-refractivity contribution >= 4 is 11.6 Å². The monoisotopic (exact) mass is 320 g/mol. The van der Waals surface area contributed by atoms with Gasteiger partial charge in [-0.25, -0.2) is 8.78 Å². The van der Waals surface area contributed by atoms with Gasteiger partial charge in [0.1, 0.15) is 17.4 Å². The zero-order valence-electron chi connectivity index (χ0n) is 12.9. The number of rotatable bonds is 6. The van der Waals surface area contributed by atoms with Crippen molar-refractivity contribution in [1.82, 2.24) is 5.32 Å². The molecule has 2 aromatic rings. The summed E-state index contributed by atoms with van der Waals surface area (Å²) in [6, 6.07) is 10.2. The first-order valence-electron chi connectivity index (χ1n) is 7.12. The molecule has 23 heavy (non-hydrogen) atoms. The van der Waals surface area contributed by atoms with Crippen molar-refractivity contribution < 1.29 is 18.3 Å². The van der Waals surface area contributed by atoms with E-state index in [-0.39, 0.29) is 18.3 Å². The summed E-state index contributed by atoms with van der Waals surface area (Å²) in [5.41, 5.74) is 0.724. The Bertz CT molecular complexity index is 692. The van der Waals surface area contributed by atoms with Crippen LogP contribution < -0.4 is 15.4 Å². The number of hydrogen-bond acceptors (Lipinski definition) is 3. The van der Waals surface area contributed by atoms with E-state index in [4.69, 9.17) is 4.74 Å². The van der Waals surface area contributed by atoms with Gasteiger partial charge in [-0.2, -0.15) is 0 Å². The van der Waals surface area contributed by atoms with Crippen LogP contribution in [0.2, 0.25) is 0 Å². The minimum Gasteiger partial charge on any atom is -0.496 e. The number of anilines is 1. The van der Waals surface area contributed by atoms with E-state index in [0.717, 1.165) is 23.8 Å². The maximum Gasteiger partial charge on any atom is 0.238 e. The molecule has 1 atom stereocenters. The van der Waals surface area contributed by atoms with Crippen molar-refractivity contribution in [3.8, 4) is 5.75 Å². The summed E-state index contributed by atoms with van der Waals surface area (Å²) in [7, 11) is 1.57. The molecule has 0 aliphatic carbocycles. The van der Waals surface area contributed by atoms with Crippen LogP contribution in [-0.2, 0) is 4.79 Å². The standard InChI is InChI=1S/C17H18F2N2O2/c1-11(13-5-3-4-6-16(13)23-2)20-10-17(22)21-15-9-12(18)7-8-14(15)19/h3-9,11,20H,10H2,1-2H3,(H,21,22)/t11-/m1/s1. The Kier molecular flexibility index (Phi) is 5.65. The first-order chi connectivity index (χ1) is 11.0. The molecule has 1 amide bonds. The van der Waals surface area contributed by atoms with Crippen molar-refractivity contribution in [1.29, 1.82) is 0 Å². The number of halogens is 2. The molecule has 0 bridgehead atoms. The molecule has 0 unspecified atom stereocenters. The van der Waals surface area contributed by atoms with Crippen molar-refractivity contribution in [2.24, 2.45) is 0 Å². The lowest BCUT2D eigenvalue weighted by atomic mass is 10.1. The van der Waals surface area contributed by atoms with E-state index in [9.17, 15) is 13.6 Å². The van der Waals surface area contributed by atoms with Crippen LogP contribution in [0.4, 0.5) is 14.5 Å². The third-order valence-corrected chi connectivity index (χ3v) is 3.38. The Morgan fingerprint density at radius 2 is 1.96 bits per heavy atom. The largest absolute Gasteiger partial charge is 0.496 e. The molecule has 0 spiro atoms. The Hall–Kier alpha value is -2.47. The van der Waals surface area contributed by atoms with Crippen LogP contribution in [0.1, 0.15) is 18.5 Å². The summed E-state index contributed by atoms with van der Waals surface area (Å²) in [6.07, 6.45) is 0. The topological polar surface area (TPSA) is 50.4 Å². The van der Waals surface area contributed by atoms with E-state index >= 15 is 0 Å². The number of amides is 1. The highest BCUT2D eigenvalue weighted by Crippen LogP contribution is 2.24. The molecule has 0 aromatic heterocycles. The molecular formula is C17H18F2N2O2. The average Bonchev–Trinajstić information content (AvgIpc) is 2.56. The summed E-state index contributed by atoms with van der Waals surface area (Å²) < 4.78 is 31.8. The zero-order chi connectivity index (χ0) is 16.8. The van der Waals surface area contributed by atoms with Crippen LogP contribution in [0.5, 0.6) is 5.75 Å². The number of ether oxygens (including phenoxy) is 1. The zero-order valence-corrected chi connectivity index (χ0v) is 12.9. The lowest BCUT2D eigenvalue weighted by Crippen LogP contribution is -2.30. The van der Waals surface area contributed by atoms with Gasteiger partial charge in [-0.1, -0.05) is 18.2 Å². The number of carbonyl (C=O) groups excluding carboxylic acids is 1. The van der Waals surface area contributed by atoms with Crippen molar-refractivity contribution in [3.05, 3.63) is 59.7 Å². The second-order valence-electron chi connectivity index (χ2n) is 5.02. The number of hydrogen-bond donors (Lipinski definition) is 2. The average molecular weight is 320 g/mol. The van der Waals surface area contributed by atoms with Gasteiger partial charge in [0.2, 0.25) is 5.91 Å². The van der Waals surface area contributed by atoms with Crippen molar-refractivity contribution in [2.75, 3.05) is 19.0 Å². The number of para-hydroxylation sites is 1. The Morgan fingerprint density at radius 3 is 2.70 bits per heavy atom. The van der Waals surface area contributed by atoms with Gasteiger partial charge in [-0.15, -0.1) is 0 Å². The normalized spacial score (nSPS) is 11.8. The molecule has 0 aliphatic heterocycles. The van der Waals surface area contributed by atoms with Gasteiger partial charge in [0.05, 0.1) is 19.3 Å². The highest BCUT2D eigenvalue weighted by Gasteiger charge is 2.13. The third kappa shape index (κ3) is 4.50. The summed E-state index contributed by atoms with van der Waals surface area (Å²) in [4.78, 5) is 11.9. The molecular weight excluding hydrogens is 302 g/mol. The van der Waals surface area contributed by atoms with Crippen LogP contribution >= 0.6 is 0 Å². The number of benzene rings is 2. The summed E-state index contributed by atoms with van der Waals surface area (Å²) in [5, 5.41) is 5.36. The van der Waals surface area contributed by atoms with E-state index in [1.54, 1.807) is 7.11 Å². The fourth-order valence-corrected chi connectivity index (χ4v) is 2.17. The van der Waals surface area contributed by atoms with Gasteiger partial charge in [-0.05, 0) is 25.1 Å². The first kappa shape index (κ1) is 16.9. The van der Waals surface area contributed by atoms with E-state index in [1.807, 2.05) is 31.2 Å². The molecule has 6 heteroatoms. The summed E-state index contributed by atoms with van der Waals surface area (Å²) >= 11 is 0. The highest BCUT2D eigenvalue weighted by molar-refractivity contribution is 5.92. The summed E-state index contributed by atoms with van der Waals surface area (Å²) in [5.74, 6) is -1.05. The first-order valence-corrected chi connectivity index (χ1v) is 7.12. The molecule has 2 rings (SSSR count). The van der Waals surface area contributed by atoms with Crippen LogP contribution in [0, 0.1) is 11.6 Å². The molecule has 2 aromatic carbocycles. The van der Waals surface area contributed by atoms with Gasteiger partial charge >= 0.3 is 0 Å². The van der Waals surface area contributed by atoms with E-state index in [2.05, 4.69) is 10.6 Å². The van der Waals surface area contributed by atoms with Gasteiger partial charge in [-0.3, -0.25) is 4.79 Å². The molecule has 0 saturated heterocycles. The fraction of sp³-hybridized carbons (Fsp3) is 0.235. The van der Waals surface area contributed by atoms with Gasteiger partial charge in [0, 0.05) is 17.7 Å². The van der Waals surface area contributed by atoms with Gasteiger partial charge in [0.25, 0.3) is 0 Å². The SMILES string of the molecule is COc1ccccc1[C@@H](C)NCC(=O)Nc1cc(F)ccc1F. The van der Waals surface area contributed by atoms with Gasteiger partial charge in [0.15, 0.2) is 0 Å². The smallest absolute Gasteiger partial charge is 0.238 e. The fourth-order valence-electron chi connectivity index (χ4n) is 2.17. The van der Waals surface area contributed by atoms with E-state index < -0.39 is 17.5 Å². The number of nitrogens with one attached hydrogen (secondary N) is 2. The number of methoxy groups -OCH3 is 1. The maximum absolute atomic E-state index is 13.5. The maximum atomic E-state index is 13.5. The second-order valence-corrected chi connectivity index (χ2v) is 5.02. The molecule has 122 valence electrons. The molecule has 0 saturated carbocycles. The predicted octanol–water partition coefficient (Wildman–Crippen LogP) is 3.26. The minimum absolute atomic E-state index is 0.0465. The van der Waals surface area contributed by atoms with Gasteiger partial charge < -0.3 is 15.4 Å². The van der Waals surface area contributed by atoms with E-state index in [0.29, 0.717) is 5.75 Å². The molecule has 0 heterocycles. The summed E-state index contributed by atoms with van der Waals surface area (Å²) in [6.45, 7) is 1.84. The Balaban J connectivity index is 1.95. The lowest BCUT2D eigenvalue weighted by molar-refractivity contribution is -0.115. The highest BCUT2D eigenvalue weighted by atomic mass is 19.1. The second kappa shape index (κ2) is 7.69. The predicted molar refractivity (Wildman–Crippen MR) is 84.4 cm³/mol. The lowest BCUT2D eigenvalue weighted by Gasteiger charge is -2.17. The quantitative estimate of drug-likeness (QED) is 0.859. The van der Waals surface area contributed by atoms with Crippen LogP contribution in [0.3, 0.4) is 0 Å². The van der Waals surface area contributed by atoms with Crippen LogP contribution in [0.15, 0.2) is 42.5 Å². The van der Waals surface area contributed by atoms with Crippen LogP contribution in [0.25, 0.3) is 0 Å². The molecule has 2 N–H and O–H groups in total. The van der Waals surface area contributed by atoms with E-state index in [1.165, 1.54) is 0 Å². The third-order valence-electron chi connectivity index (χ3n) is 3.38. The Labute approximate surface area is 133 Å². The minimum atomic E-state index is -0.683. The molecule has 4 nitrogen and oxygen atoms in total. The molecule has 0 aliphatic rings. The number of carbonyl (C=O) groups is 1. The molecule has 0 radical (unpaired) electrons. The molecule has 0 fully saturated rings. The van der Waals surface area contributed by atoms with Crippen molar-refractivity contribution in [2.45, 2.75) is 13.0 Å². The van der Waals surface area contributed by atoms with Crippen LogP contribution in [-0.4, -0.2) is 19.6 Å². The Morgan fingerprint density at radius 1 is 1.22 bits per heavy atom.